The lowest BCUT2D eigenvalue weighted by Crippen LogP contribution is -2.05. The van der Waals surface area contributed by atoms with Gasteiger partial charge in [0, 0.05) is 12.7 Å². The van der Waals surface area contributed by atoms with Crippen LogP contribution in [0.1, 0.15) is 30.9 Å². The number of hydrogen-bond acceptors (Lipinski definition) is 0. The molecule has 17 heavy (non-hydrogen) atoms. The normalized spacial score (nSPS) is 13.2. The van der Waals surface area contributed by atoms with Crippen molar-refractivity contribution in [3.05, 3.63) is 47.7 Å². The van der Waals surface area contributed by atoms with E-state index in [0.29, 0.717) is 0 Å². The number of rotatable bonds is 4. The van der Waals surface area contributed by atoms with Gasteiger partial charge in [0.1, 0.15) is 0 Å². The van der Waals surface area contributed by atoms with Gasteiger partial charge in [-0.3, -0.25) is 0 Å². The van der Waals surface area contributed by atoms with Crippen LogP contribution >= 0.6 is 0 Å². The molecular weight excluding hydrogens is 206 g/mol. The first-order chi connectivity index (χ1) is 8.40. The van der Waals surface area contributed by atoms with Gasteiger partial charge in [-0.15, -0.1) is 0 Å². The summed E-state index contributed by atoms with van der Waals surface area (Å²) in [7, 11) is 0. The molecule has 1 aliphatic rings. The van der Waals surface area contributed by atoms with Crippen molar-refractivity contribution in [2.75, 3.05) is 0 Å². The summed E-state index contributed by atoms with van der Waals surface area (Å²) in [5.74, 6) is 0. The van der Waals surface area contributed by atoms with E-state index in [0.717, 1.165) is 6.54 Å². The van der Waals surface area contributed by atoms with E-state index in [4.69, 9.17) is 0 Å². The summed E-state index contributed by atoms with van der Waals surface area (Å²) in [6.07, 6.45) is 7.44. The molecule has 0 unspecified atom stereocenters. The molecule has 88 valence electrons. The van der Waals surface area contributed by atoms with Crippen molar-refractivity contribution >= 4 is 0 Å². The highest BCUT2D eigenvalue weighted by atomic mass is 15.0. The molecule has 1 aliphatic carbocycles. The van der Waals surface area contributed by atoms with Gasteiger partial charge in [0.25, 0.3) is 0 Å². The molecule has 2 aromatic rings. The van der Waals surface area contributed by atoms with Crippen LogP contribution in [0.3, 0.4) is 0 Å². The molecule has 0 amide bonds. The van der Waals surface area contributed by atoms with Crippen LogP contribution in [0.15, 0.2) is 36.5 Å². The van der Waals surface area contributed by atoms with Crippen molar-refractivity contribution in [3.63, 3.8) is 0 Å². The summed E-state index contributed by atoms with van der Waals surface area (Å²) in [5, 5.41) is 0. The highest BCUT2D eigenvalue weighted by Gasteiger charge is 2.22. The smallest absolute Gasteiger partial charge is 0.0515 e. The Morgan fingerprint density at radius 3 is 2.59 bits per heavy atom. The lowest BCUT2D eigenvalue weighted by Gasteiger charge is -2.16. The van der Waals surface area contributed by atoms with Gasteiger partial charge in [0.05, 0.1) is 5.69 Å². The molecule has 0 fully saturated rings. The molecule has 0 radical (unpaired) electrons. The lowest BCUT2D eigenvalue weighted by molar-refractivity contribution is 0.639. The molecule has 1 heteroatoms. The van der Waals surface area contributed by atoms with E-state index in [1.165, 1.54) is 36.9 Å². The van der Waals surface area contributed by atoms with Crippen molar-refractivity contribution in [1.29, 1.82) is 0 Å². The topological polar surface area (TPSA) is 4.93 Å². The number of aromatic nitrogens is 1. The molecule has 0 bridgehead atoms. The summed E-state index contributed by atoms with van der Waals surface area (Å²) < 4.78 is 2.47. The van der Waals surface area contributed by atoms with Crippen LogP contribution < -0.4 is 0 Å². The zero-order valence-electron chi connectivity index (χ0n) is 10.4. The number of fused-ring (bicyclic) bond motifs is 1. The van der Waals surface area contributed by atoms with E-state index in [2.05, 4.69) is 48.0 Å². The second-order valence-electron chi connectivity index (χ2n) is 4.89. The Bertz CT molecular complexity index is 508. The van der Waals surface area contributed by atoms with Crippen LogP contribution in [0.25, 0.3) is 11.3 Å². The van der Waals surface area contributed by atoms with Gasteiger partial charge in [-0.1, -0.05) is 43.7 Å². The van der Waals surface area contributed by atoms with Gasteiger partial charge in [-0.25, -0.2) is 0 Å². The van der Waals surface area contributed by atoms with Crippen LogP contribution in [0.5, 0.6) is 0 Å². The first-order valence-electron chi connectivity index (χ1n) is 6.66. The minimum absolute atomic E-state index is 1.16. The third kappa shape index (κ3) is 1.80. The Kier molecular flexibility index (Phi) is 2.76. The molecule has 3 rings (SSSR count). The molecular formula is C16H19N. The van der Waals surface area contributed by atoms with Crippen molar-refractivity contribution in [3.8, 4) is 11.3 Å². The predicted octanol–water partition coefficient (Wildman–Crippen LogP) is 4.05. The maximum atomic E-state index is 2.47. The largest absolute Gasteiger partial charge is 0.347 e. The predicted molar refractivity (Wildman–Crippen MR) is 72.2 cm³/mol. The summed E-state index contributed by atoms with van der Waals surface area (Å²) in [6, 6.07) is 10.8. The number of nitrogens with zero attached hydrogens (tertiary/aromatic N) is 1. The van der Waals surface area contributed by atoms with Crippen LogP contribution in [-0.2, 0) is 19.4 Å². The average molecular weight is 225 g/mol. The first kappa shape index (κ1) is 10.6. The molecule has 0 atom stereocenters. The fraction of sp³-hybridized carbons (Fsp3) is 0.375. The Hall–Kier alpha value is -1.50. The summed E-state index contributed by atoms with van der Waals surface area (Å²) in [6.45, 7) is 3.42. The van der Waals surface area contributed by atoms with Crippen molar-refractivity contribution in [2.24, 2.45) is 0 Å². The third-order valence-electron chi connectivity index (χ3n) is 3.72. The third-order valence-corrected chi connectivity index (χ3v) is 3.72. The number of aryl methyl sites for hydroxylation is 2. The second-order valence-corrected chi connectivity index (χ2v) is 4.89. The van der Waals surface area contributed by atoms with E-state index >= 15 is 0 Å². The van der Waals surface area contributed by atoms with Gasteiger partial charge in [-0.05, 0) is 36.0 Å². The van der Waals surface area contributed by atoms with E-state index in [-0.39, 0.29) is 0 Å². The van der Waals surface area contributed by atoms with Gasteiger partial charge in [0.2, 0.25) is 0 Å². The molecule has 1 heterocycles. The summed E-state index contributed by atoms with van der Waals surface area (Å²) >= 11 is 0. The second kappa shape index (κ2) is 4.40. The van der Waals surface area contributed by atoms with Gasteiger partial charge in [-0.2, -0.15) is 0 Å². The minimum Gasteiger partial charge on any atom is -0.347 e. The Morgan fingerprint density at radius 2 is 1.94 bits per heavy atom. The van der Waals surface area contributed by atoms with Crippen LogP contribution in [0.2, 0.25) is 0 Å². The zero-order chi connectivity index (χ0) is 11.7. The van der Waals surface area contributed by atoms with Crippen LogP contribution in [0.4, 0.5) is 0 Å². The lowest BCUT2D eigenvalue weighted by atomic mass is 9.89. The maximum absolute atomic E-state index is 2.47. The molecule has 0 aliphatic heterocycles. The quantitative estimate of drug-likeness (QED) is 0.739. The Labute approximate surface area is 103 Å². The number of unbranched alkanes of at least 4 members (excludes halogenated alkanes) is 1. The van der Waals surface area contributed by atoms with Crippen LogP contribution in [0, 0.1) is 0 Å². The highest BCUT2D eigenvalue weighted by Crippen LogP contribution is 2.35. The molecule has 1 nitrogen and oxygen atoms in total. The molecule has 1 aromatic heterocycles. The highest BCUT2D eigenvalue weighted by molar-refractivity contribution is 5.68. The summed E-state index contributed by atoms with van der Waals surface area (Å²) in [5.41, 5.74) is 6.01. The molecule has 0 spiro atoms. The van der Waals surface area contributed by atoms with Gasteiger partial charge >= 0.3 is 0 Å². The van der Waals surface area contributed by atoms with Gasteiger partial charge < -0.3 is 4.57 Å². The number of benzene rings is 1. The number of hydrogen-bond donors (Lipinski definition) is 0. The summed E-state index contributed by atoms with van der Waals surface area (Å²) in [4.78, 5) is 0. The maximum Gasteiger partial charge on any atom is 0.0515 e. The molecule has 0 N–H and O–H groups in total. The Morgan fingerprint density at radius 1 is 1.12 bits per heavy atom. The molecule has 0 saturated carbocycles. The van der Waals surface area contributed by atoms with E-state index in [1.54, 1.807) is 11.1 Å². The molecule has 0 saturated heterocycles. The fourth-order valence-electron chi connectivity index (χ4n) is 2.67. The van der Waals surface area contributed by atoms with E-state index < -0.39 is 0 Å². The van der Waals surface area contributed by atoms with Crippen LogP contribution in [-0.4, -0.2) is 4.57 Å². The van der Waals surface area contributed by atoms with E-state index in [1.807, 2.05) is 0 Å². The zero-order valence-corrected chi connectivity index (χ0v) is 10.4. The minimum atomic E-state index is 1.16. The first-order valence-corrected chi connectivity index (χ1v) is 6.66. The van der Waals surface area contributed by atoms with Gasteiger partial charge in [0.15, 0.2) is 0 Å². The monoisotopic (exact) mass is 225 g/mol. The SMILES string of the molecule is CCCCn1cc2c(c1-c1ccccc1)CC2. The van der Waals surface area contributed by atoms with Crippen molar-refractivity contribution in [2.45, 2.75) is 39.2 Å². The average Bonchev–Trinajstić information content (AvgIpc) is 2.60. The Balaban J connectivity index is 2.02. The fourth-order valence-corrected chi connectivity index (χ4v) is 2.67. The van der Waals surface area contributed by atoms with Crippen molar-refractivity contribution < 1.29 is 0 Å². The van der Waals surface area contributed by atoms with E-state index in [9.17, 15) is 0 Å². The van der Waals surface area contributed by atoms with Crippen molar-refractivity contribution in [1.82, 2.24) is 4.57 Å². The molecule has 1 aromatic carbocycles. The standard InChI is InChI=1S/C16H19N/c1-2-3-11-17-12-14-9-10-15(14)16(17)13-7-5-4-6-8-13/h4-8,12H,2-3,9-11H2,1H3.